The summed E-state index contributed by atoms with van der Waals surface area (Å²) in [5, 5.41) is 2.62. The van der Waals surface area contributed by atoms with Crippen molar-refractivity contribution in [3.8, 4) is 0 Å². The summed E-state index contributed by atoms with van der Waals surface area (Å²) >= 11 is 0. The van der Waals surface area contributed by atoms with E-state index in [2.05, 4.69) is 10.1 Å². The van der Waals surface area contributed by atoms with Gasteiger partial charge in [0.05, 0.1) is 14.2 Å². The summed E-state index contributed by atoms with van der Waals surface area (Å²) in [7, 11) is 2.67. The number of methoxy groups -OCH3 is 2. The minimum absolute atomic E-state index is 0.00507. The molecule has 34 heavy (non-hydrogen) atoms. The van der Waals surface area contributed by atoms with Gasteiger partial charge in [-0.25, -0.2) is 9.59 Å². The maximum atomic E-state index is 11.9. The number of alkyl carbamates (subject to hydrolysis) is 1. The minimum atomic E-state index is -0.697. The van der Waals surface area contributed by atoms with Gasteiger partial charge in [-0.1, -0.05) is 30.3 Å². The lowest BCUT2D eigenvalue weighted by Gasteiger charge is -2.28. The topological polar surface area (TPSA) is 135 Å². The van der Waals surface area contributed by atoms with Crippen molar-refractivity contribution in [3.05, 3.63) is 35.9 Å². The van der Waals surface area contributed by atoms with E-state index in [0.29, 0.717) is 39.3 Å². The summed E-state index contributed by atoms with van der Waals surface area (Å²) in [6.45, 7) is 2.73. The highest BCUT2D eigenvalue weighted by Gasteiger charge is 2.32. The third kappa shape index (κ3) is 9.28. The zero-order valence-corrected chi connectivity index (χ0v) is 19.9. The lowest BCUT2D eigenvalue weighted by molar-refractivity contribution is -0.146. The predicted molar refractivity (Wildman–Crippen MR) is 123 cm³/mol. The highest BCUT2D eigenvalue weighted by Crippen LogP contribution is 2.20. The molecule has 2 atom stereocenters. The minimum Gasteiger partial charge on any atom is -0.468 e. The Labute approximate surface area is 200 Å². The molecule has 3 N–H and O–H groups in total. The molecule has 2 saturated heterocycles. The lowest BCUT2D eigenvalue weighted by atomic mass is 9.92. The highest BCUT2D eigenvalue weighted by atomic mass is 16.6. The average molecular weight is 481 g/mol. The van der Waals surface area contributed by atoms with E-state index in [4.69, 9.17) is 24.7 Å². The second-order valence-electron chi connectivity index (χ2n) is 8.16. The van der Waals surface area contributed by atoms with E-state index in [0.717, 1.165) is 18.4 Å². The lowest BCUT2D eigenvalue weighted by Crippen LogP contribution is -2.48. The number of ether oxygens (including phenoxy) is 5. The largest absolute Gasteiger partial charge is 0.468 e. The Kier molecular flexibility index (Phi) is 12.4. The normalized spacial score (nSPS) is 18.4. The summed E-state index contributed by atoms with van der Waals surface area (Å²) in [5.41, 5.74) is 6.56. The van der Waals surface area contributed by atoms with Crippen LogP contribution in [-0.4, -0.2) is 70.8 Å². The zero-order valence-electron chi connectivity index (χ0n) is 19.9. The number of amides is 1. The smallest absolute Gasteiger partial charge is 0.408 e. The van der Waals surface area contributed by atoms with Gasteiger partial charge < -0.3 is 34.7 Å². The first-order valence-corrected chi connectivity index (χ1v) is 11.5. The maximum Gasteiger partial charge on any atom is 0.408 e. The van der Waals surface area contributed by atoms with Crippen molar-refractivity contribution in [2.24, 2.45) is 17.6 Å². The van der Waals surface area contributed by atoms with Gasteiger partial charge in [0.1, 0.15) is 18.7 Å². The number of nitrogens with two attached hydrogens (primary N) is 1. The van der Waals surface area contributed by atoms with Crippen molar-refractivity contribution in [2.75, 3.05) is 40.6 Å². The number of benzene rings is 1. The van der Waals surface area contributed by atoms with Crippen molar-refractivity contribution in [3.63, 3.8) is 0 Å². The molecule has 1 amide bonds. The van der Waals surface area contributed by atoms with Gasteiger partial charge >= 0.3 is 18.0 Å². The Morgan fingerprint density at radius 2 is 1.44 bits per heavy atom. The molecular formula is C24H36N2O8. The molecule has 0 radical (unpaired) electrons. The average Bonchev–Trinajstić information content (AvgIpc) is 2.91. The van der Waals surface area contributed by atoms with E-state index in [1.165, 1.54) is 14.2 Å². The molecule has 0 aliphatic carbocycles. The molecule has 0 unspecified atom stereocenters. The van der Waals surface area contributed by atoms with Gasteiger partial charge in [-0.15, -0.1) is 0 Å². The zero-order chi connectivity index (χ0) is 24.8. The molecule has 2 heterocycles. The van der Waals surface area contributed by atoms with Crippen LogP contribution in [0.25, 0.3) is 0 Å². The first kappa shape index (κ1) is 27.6. The van der Waals surface area contributed by atoms with Crippen LogP contribution >= 0.6 is 0 Å². The molecule has 0 aromatic heterocycles. The molecule has 0 saturated carbocycles. The van der Waals surface area contributed by atoms with Crippen LogP contribution in [0, 0.1) is 11.8 Å². The summed E-state index contributed by atoms with van der Waals surface area (Å²) in [6, 6.07) is 8.19. The molecule has 0 spiro atoms. The fourth-order valence-corrected chi connectivity index (χ4v) is 3.84. The molecule has 190 valence electrons. The van der Waals surface area contributed by atoms with Crippen LogP contribution in [0.3, 0.4) is 0 Å². The third-order valence-electron chi connectivity index (χ3n) is 5.93. The van der Waals surface area contributed by atoms with Gasteiger partial charge in [0.25, 0.3) is 0 Å². The fourth-order valence-electron chi connectivity index (χ4n) is 3.84. The molecule has 2 aliphatic rings. The molecule has 2 aliphatic heterocycles. The van der Waals surface area contributed by atoms with Gasteiger partial charge in [0.2, 0.25) is 0 Å². The summed E-state index contributed by atoms with van der Waals surface area (Å²) < 4.78 is 24.9. The number of carbonyl (C=O) groups is 3. The molecule has 3 rings (SSSR count). The monoisotopic (exact) mass is 480 g/mol. The highest BCUT2D eigenvalue weighted by molar-refractivity contribution is 5.81. The van der Waals surface area contributed by atoms with Gasteiger partial charge in [-0.3, -0.25) is 4.79 Å². The van der Waals surface area contributed by atoms with Crippen LogP contribution in [0.2, 0.25) is 0 Å². The van der Waals surface area contributed by atoms with E-state index >= 15 is 0 Å². The summed E-state index contributed by atoms with van der Waals surface area (Å²) in [6.07, 6.45) is 2.51. The Bertz CT molecular complexity index is 749. The Morgan fingerprint density at radius 3 is 1.97 bits per heavy atom. The number of rotatable bonds is 7. The van der Waals surface area contributed by atoms with Crippen LogP contribution in [-0.2, 0) is 39.9 Å². The van der Waals surface area contributed by atoms with Crippen molar-refractivity contribution in [2.45, 2.75) is 44.4 Å². The van der Waals surface area contributed by atoms with Gasteiger partial charge in [-0.2, -0.15) is 0 Å². The molecule has 1 aromatic rings. The SMILES string of the molecule is COC(=O)[C@@H](N)C1CCOCC1.COC(=O)[C@@H](NC(=O)OCc1ccccc1)C1CCOCC1. The Morgan fingerprint density at radius 1 is 0.912 bits per heavy atom. The number of esters is 2. The Hall–Kier alpha value is -2.69. The molecule has 0 bridgehead atoms. The van der Waals surface area contributed by atoms with Crippen LogP contribution in [0.15, 0.2) is 30.3 Å². The first-order valence-electron chi connectivity index (χ1n) is 11.5. The number of hydrogen-bond acceptors (Lipinski definition) is 9. The van der Waals surface area contributed by atoms with Gasteiger partial charge in [0, 0.05) is 26.4 Å². The van der Waals surface area contributed by atoms with E-state index < -0.39 is 24.1 Å². The molecule has 2 fully saturated rings. The number of hydrogen-bond donors (Lipinski definition) is 2. The summed E-state index contributed by atoms with van der Waals surface area (Å²) in [5.74, 6) is -0.540. The second kappa shape index (κ2) is 15.3. The van der Waals surface area contributed by atoms with E-state index in [1.54, 1.807) is 0 Å². The van der Waals surface area contributed by atoms with Crippen LogP contribution in [0.4, 0.5) is 4.79 Å². The standard InChI is InChI=1S/C16H21NO5.C8H15NO3/c1-20-15(18)14(13-7-9-21-10-8-13)17-16(19)22-11-12-5-3-2-4-6-12;1-11-8(10)7(9)6-2-4-12-5-3-6/h2-6,13-14H,7-11H2,1H3,(H,17,19);6-7H,2-5,9H2,1H3/t14-;7-/m00/s1. The third-order valence-corrected chi connectivity index (χ3v) is 5.93. The Balaban J connectivity index is 0.000000287. The van der Waals surface area contributed by atoms with Crippen molar-refractivity contribution >= 4 is 18.0 Å². The van der Waals surface area contributed by atoms with Gasteiger partial charge in [-0.05, 0) is 43.1 Å². The van der Waals surface area contributed by atoms with E-state index in [-0.39, 0.29) is 24.4 Å². The van der Waals surface area contributed by atoms with Crippen LogP contribution < -0.4 is 11.1 Å². The molecular weight excluding hydrogens is 444 g/mol. The van der Waals surface area contributed by atoms with Crippen molar-refractivity contribution < 1.29 is 38.1 Å². The molecule has 10 heteroatoms. The summed E-state index contributed by atoms with van der Waals surface area (Å²) in [4.78, 5) is 34.8. The van der Waals surface area contributed by atoms with Gasteiger partial charge in [0.15, 0.2) is 0 Å². The van der Waals surface area contributed by atoms with E-state index in [1.807, 2.05) is 30.3 Å². The van der Waals surface area contributed by atoms with Crippen molar-refractivity contribution in [1.82, 2.24) is 5.32 Å². The first-order chi connectivity index (χ1) is 16.5. The fraction of sp³-hybridized carbons (Fsp3) is 0.625. The second-order valence-corrected chi connectivity index (χ2v) is 8.16. The molecule has 10 nitrogen and oxygen atoms in total. The van der Waals surface area contributed by atoms with E-state index in [9.17, 15) is 14.4 Å². The quantitative estimate of drug-likeness (QED) is 0.442. The number of carbonyl (C=O) groups excluding carboxylic acids is 3. The van der Waals surface area contributed by atoms with Crippen LogP contribution in [0.1, 0.15) is 31.2 Å². The number of nitrogens with one attached hydrogen (secondary N) is 1. The van der Waals surface area contributed by atoms with Crippen molar-refractivity contribution in [1.29, 1.82) is 0 Å². The van der Waals surface area contributed by atoms with Crippen LogP contribution in [0.5, 0.6) is 0 Å². The molecule has 1 aromatic carbocycles. The predicted octanol–water partition coefficient (Wildman–Crippen LogP) is 1.79. The maximum absolute atomic E-state index is 11.9.